The summed E-state index contributed by atoms with van der Waals surface area (Å²) in [7, 11) is 0. The minimum Gasteiger partial charge on any atom is -0.383 e. The number of nitrogens with zero attached hydrogens (tertiary/aromatic N) is 1. The number of fused-ring (bicyclic) bond motifs is 1. The average Bonchev–Trinajstić information content (AvgIpc) is 2.39. The average molecular weight is 191 g/mol. The van der Waals surface area contributed by atoms with E-state index in [9.17, 15) is 4.79 Å². The van der Waals surface area contributed by atoms with Crippen LogP contribution in [-0.4, -0.2) is 24.0 Å². The topological polar surface area (TPSA) is 58.4 Å². The van der Waals surface area contributed by atoms with E-state index < -0.39 is 0 Å². The summed E-state index contributed by atoms with van der Waals surface area (Å²) in [6.45, 7) is 2.00. The van der Waals surface area contributed by atoms with Crippen LogP contribution in [0, 0.1) is 0 Å². The zero-order valence-electron chi connectivity index (χ0n) is 7.86. The number of rotatable bonds is 0. The van der Waals surface area contributed by atoms with Crippen LogP contribution in [0.25, 0.3) is 0 Å². The van der Waals surface area contributed by atoms with Gasteiger partial charge in [0.2, 0.25) is 0 Å². The second-order valence-electron chi connectivity index (χ2n) is 3.34. The van der Waals surface area contributed by atoms with E-state index in [1.54, 1.807) is 4.90 Å². The van der Waals surface area contributed by atoms with Gasteiger partial charge in [-0.3, -0.25) is 0 Å². The molecule has 0 saturated heterocycles. The van der Waals surface area contributed by atoms with Gasteiger partial charge in [0.05, 0.1) is 0 Å². The Morgan fingerprint density at radius 2 is 2.21 bits per heavy atom. The molecule has 0 radical (unpaired) electrons. The van der Waals surface area contributed by atoms with Crippen molar-refractivity contribution in [1.82, 2.24) is 4.90 Å². The highest BCUT2D eigenvalue weighted by Crippen LogP contribution is 2.19. The molecule has 0 aromatic heterocycles. The molecule has 0 spiro atoms. The van der Waals surface area contributed by atoms with Crippen LogP contribution in [0.5, 0.6) is 0 Å². The number of anilines is 1. The quantitative estimate of drug-likeness (QED) is 0.642. The Morgan fingerprint density at radius 1 is 1.43 bits per heavy atom. The van der Waals surface area contributed by atoms with Crippen molar-refractivity contribution >= 4 is 11.7 Å². The molecule has 4 nitrogen and oxygen atoms in total. The van der Waals surface area contributed by atoms with Gasteiger partial charge in [-0.1, -0.05) is 18.2 Å². The lowest BCUT2D eigenvalue weighted by Crippen LogP contribution is -2.36. The number of primary amides is 1. The number of amides is 2. The molecule has 0 unspecified atom stereocenters. The van der Waals surface area contributed by atoms with Gasteiger partial charge in [0.15, 0.2) is 0 Å². The molecule has 0 fully saturated rings. The fourth-order valence-electron chi connectivity index (χ4n) is 1.63. The fourth-order valence-corrected chi connectivity index (χ4v) is 1.63. The van der Waals surface area contributed by atoms with Crippen LogP contribution in [0.3, 0.4) is 0 Å². The Balaban J connectivity index is 2.26. The monoisotopic (exact) mass is 191 g/mol. The van der Waals surface area contributed by atoms with E-state index in [0.29, 0.717) is 13.1 Å². The minimum atomic E-state index is -0.358. The van der Waals surface area contributed by atoms with E-state index in [2.05, 4.69) is 5.32 Å². The molecule has 0 aliphatic carbocycles. The summed E-state index contributed by atoms with van der Waals surface area (Å²) in [5, 5.41) is 3.26. The van der Waals surface area contributed by atoms with Gasteiger partial charge in [-0.2, -0.15) is 0 Å². The predicted octanol–water partition coefficient (Wildman–Crippen LogP) is 0.993. The second kappa shape index (κ2) is 3.57. The zero-order valence-corrected chi connectivity index (χ0v) is 7.86. The number of benzene rings is 1. The van der Waals surface area contributed by atoms with Crippen molar-refractivity contribution < 1.29 is 4.79 Å². The van der Waals surface area contributed by atoms with E-state index in [-0.39, 0.29) is 6.03 Å². The number of carbonyl (C=O) groups excluding carboxylic acids is 1. The first kappa shape index (κ1) is 8.87. The standard InChI is InChI=1S/C10H13N3O/c11-10(14)13-6-5-12-9-4-2-1-3-8(9)7-13/h1-4,12H,5-7H2,(H2,11,14). The largest absolute Gasteiger partial charge is 0.383 e. The Morgan fingerprint density at radius 3 is 3.00 bits per heavy atom. The minimum absolute atomic E-state index is 0.358. The lowest BCUT2D eigenvalue weighted by Gasteiger charge is -2.16. The molecule has 2 amide bonds. The van der Waals surface area contributed by atoms with E-state index in [1.807, 2.05) is 24.3 Å². The number of urea groups is 1. The van der Waals surface area contributed by atoms with Crippen LogP contribution in [-0.2, 0) is 6.54 Å². The Kier molecular flexibility index (Phi) is 2.26. The van der Waals surface area contributed by atoms with Crippen molar-refractivity contribution in [3.8, 4) is 0 Å². The number of hydrogen-bond donors (Lipinski definition) is 2. The smallest absolute Gasteiger partial charge is 0.315 e. The van der Waals surface area contributed by atoms with Crippen molar-refractivity contribution in [2.75, 3.05) is 18.4 Å². The fraction of sp³-hybridized carbons (Fsp3) is 0.300. The predicted molar refractivity (Wildman–Crippen MR) is 54.9 cm³/mol. The summed E-state index contributed by atoms with van der Waals surface area (Å²) in [5.74, 6) is 0. The van der Waals surface area contributed by atoms with Gasteiger partial charge in [-0.05, 0) is 11.6 Å². The van der Waals surface area contributed by atoms with Crippen molar-refractivity contribution in [1.29, 1.82) is 0 Å². The van der Waals surface area contributed by atoms with Crippen LogP contribution in [0.1, 0.15) is 5.56 Å². The maximum absolute atomic E-state index is 11.0. The van der Waals surface area contributed by atoms with Gasteiger partial charge >= 0.3 is 6.03 Å². The normalized spacial score (nSPS) is 15.3. The van der Waals surface area contributed by atoms with Gasteiger partial charge in [-0.25, -0.2) is 4.79 Å². The van der Waals surface area contributed by atoms with Crippen molar-refractivity contribution in [2.45, 2.75) is 6.54 Å². The van der Waals surface area contributed by atoms with E-state index in [1.165, 1.54) is 0 Å². The number of hydrogen-bond acceptors (Lipinski definition) is 2. The molecule has 1 aromatic rings. The van der Waals surface area contributed by atoms with Gasteiger partial charge in [0, 0.05) is 25.3 Å². The maximum atomic E-state index is 11.0. The first-order valence-electron chi connectivity index (χ1n) is 4.63. The summed E-state index contributed by atoms with van der Waals surface area (Å²) in [6.07, 6.45) is 0. The maximum Gasteiger partial charge on any atom is 0.315 e. The van der Waals surface area contributed by atoms with E-state index in [4.69, 9.17) is 5.73 Å². The van der Waals surface area contributed by atoms with Crippen LogP contribution in [0.4, 0.5) is 10.5 Å². The van der Waals surface area contributed by atoms with Crippen molar-refractivity contribution in [3.05, 3.63) is 29.8 Å². The van der Waals surface area contributed by atoms with Crippen LogP contribution in [0.2, 0.25) is 0 Å². The molecule has 1 heterocycles. The molecule has 0 atom stereocenters. The highest BCUT2D eigenvalue weighted by atomic mass is 16.2. The van der Waals surface area contributed by atoms with Crippen LogP contribution in [0.15, 0.2) is 24.3 Å². The lowest BCUT2D eigenvalue weighted by molar-refractivity contribution is 0.208. The van der Waals surface area contributed by atoms with Gasteiger partial charge in [0.25, 0.3) is 0 Å². The first-order valence-corrected chi connectivity index (χ1v) is 4.63. The third-order valence-electron chi connectivity index (χ3n) is 2.39. The number of carbonyl (C=O) groups is 1. The Bertz CT molecular complexity index is 351. The van der Waals surface area contributed by atoms with Crippen LogP contribution >= 0.6 is 0 Å². The summed E-state index contributed by atoms with van der Waals surface area (Å²) < 4.78 is 0. The molecule has 1 aliphatic rings. The molecule has 0 bridgehead atoms. The molecule has 14 heavy (non-hydrogen) atoms. The van der Waals surface area contributed by atoms with Crippen LogP contribution < -0.4 is 11.1 Å². The molecule has 74 valence electrons. The molecule has 2 rings (SSSR count). The molecular weight excluding hydrogens is 178 g/mol. The molecule has 3 N–H and O–H groups in total. The van der Waals surface area contributed by atoms with E-state index in [0.717, 1.165) is 17.8 Å². The third-order valence-corrected chi connectivity index (χ3v) is 2.39. The summed E-state index contributed by atoms with van der Waals surface area (Å²) in [6, 6.07) is 7.60. The molecule has 0 saturated carbocycles. The SMILES string of the molecule is NC(=O)N1CCNc2ccccc2C1. The molecule has 1 aromatic carbocycles. The number of nitrogens with two attached hydrogens (primary N) is 1. The summed E-state index contributed by atoms with van der Waals surface area (Å²) in [4.78, 5) is 12.7. The summed E-state index contributed by atoms with van der Waals surface area (Å²) >= 11 is 0. The first-order chi connectivity index (χ1) is 6.77. The van der Waals surface area contributed by atoms with Crippen molar-refractivity contribution in [3.63, 3.8) is 0 Å². The van der Waals surface area contributed by atoms with E-state index >= 15 is 0 Å². The highest BCUT2D eigenvalue weighted by Gasteiger charge is 2.15. The Labute approximate surface area is 82.7 Å². The molecule has 1 aliphatic heterocycles. The Hall–Kier alpha value is -1.71. The van der Waals surface area contributed by atoms with Gasteiger partial charge in [-0.15, -0.1) is 0 Å². The highest BCUT2D eigenvalue weighted by molar-refractivity contribution is 5.72. The summed E-state index contributed by atoms with van der Waals surface area (Å²) in [5.41, 5.74) is 7.46. The third kappa shape index (κ3) is 1.64. The zero-order chi connectivity index (χ0) is 9.97. The number of para-hydroxylation sites is 1. The number of nitrogens with one attached hydrogen (secondary N) is 1. The van der Waals surface area contributed by atoms with Crippen molar-refractivity contribution in [2.24, 2.45) is 5.73 Å². The lowest BCUT2D eigenvalue weighted by atomic mass is 10.2. The van der Waals surface area contributed by atoms with Gasteiger partial charge < -0.3 is 16.0 Å². The molecule has 4 heteroatoms. The second-order valence-corrected chi connectivity index (χ2v) is 3.34. The van der Waals surface area contributed by atoms with Gasteiger partial charge in [0.1, 0.15) is 0 Å². The molecular formula is C10H13N3O.